The summed E-state index contributed by atoms with van der Waals surface area (Å²) in [5.74, 6) is -0.478. The Morgan fingerprint density at radius 2 is 1.83 bits per heavy atom. The monoisotopic (exact) mass is 489 g/mol. The molecule has 1 aliphatic heterocycles. The highest BCUT2D eigenvalue weighted by atomic mass is 32.1. The number of imidazole rings is 1. The van der Waals surface area contributed by atoms with Gasteiger partial charge in [-0.15, -0.1) is 11.3 Å². The number of likely N-dealkylation sites (N-methyl/N-ethyl adjacent to an activating group) is 1. The van der Waals surface area contributed by atoms with Gasteiger partial charge in [0, 0.05) is 22.7 Å². The molecule has 2 amide bonds. The molecule has 0 bridgehead atoms. The predicted molar refractivity (Wildman–Crippen MR) is 139 cm³/mol. The van der Waals surface area contributed by atoms with Crippen LogP contribution < -0.4 is 0 Å². The Kier molecular flexibility index (Phi) is 5.81. The average Bonchev–Trinajstić information content (AvgIpc) is 3.45. The lowest BCUT2D eigenvalue weighted by Crippen LogP contribution is -2.42. The summed E-state index contributed by atoms with van der Waals surface area (Å²) in [6, 6.07) is 21.1. The van der Waals surface area contributed by atoms with Crippen LogP contribution in [0.25, 0.3) is 37.4 Å². The molecule has 0 spiro atoms. The SMILES string of the molecule is [C-]#[N+]c1ccc(-c2cc3c(nc(/C=C4\C(=O)N(CC)C(=O)C(C#N)=C4C)n3-c3ccccc3)s2)cc1. The van der Waals surface area contributed by atoms with Crippen molar-refractivity contribution in [3.05, 3.63) is 94.6 Å². The number of aromatic nitrogens is 2. The van der Waals surface area contributed by atoms with Crippen molar-refractivity contribution >= 4 is 45.3 Å². The first-order valence-corrected chi connectivity index (χ1v) is 12.0. The molecule has 36 heavy (non-hydrogen) atoms. The highest BCUT2D eigenvalue weighted by molar-refractivity contribution is 7.21. The van der Waals surface area contributed by atoms with Crippen LogP contribution in [0.5, 0.6) is 0 Å². The number of fused-ring (bicyclic) bond motifs is 1. The van der Waals surface area contributed by atoms with Crippen molar-refractivity contribution in [1.82, 2.24) is 14.5 Å². The summed E-state index contributed by atoms with van der Waals surface area (Å²) >= 11 is 1.52. The Labute approximate surface area is 211 Å². The second-order valence-electron chi connectivity index (χ2n) is 8.13. The van der Waals surface area contributed by atoms with E-state index in [-0.39, 0.29) is 17.7 Å². The molecule has 3 heterocycles. The summed E-state index contributed by atoms with van der Waals surface area (Å²) in [5.41, 5.74) is 3.90. The quantitative estimate of drug-likeness (QED) is 0.202. The van der Waals surface area contributed by atoms with Crippen LogP contribution in [0.4, 0.5) is 5.69 Å². The molecule has 1 aliphatic rings. The summed E-state index contributed by atoms with van der Waals surface area (Å²) in [4.78, 5) is 36.9. The van der Waals surface area contributed by atoms with E-state index in [1.807, 2.05) is 59.2 Å². The average molecular weight is 490 g/mol. The molecule has 5 rings (SSSR count). The number of nitriles is 1. The number of hydrogen-bond donors (Lipinski definition) is 0. The molecule has 0 N–H and O–H groups in total. The zero-order chi connectivity index (χ0) is 25.4. The molecule has 7 nitrogen and oxygen atoms in total. The van der Waals surface area contributed by atoms with Gasteiger partial charge >= 0.3 is 0 Å². The maximum Gasteiger partial charge on any atom is 0.271 e. The molecule has 0 atom stereocenters. The molecule has 0 unspecified atom stereocenters. The molecule has 4 aromatic rings. The minimum absolute atomic E-state index is 0.0347. The van der Waals surface area contributed by atoms with E-state index >= 15 is 0 Å². The Morgan fingerprint density at radius 1 is 1.11 bits per heavy atom. The molecule has 8 heteroatoms. The van der Waals surface area contributed by atoms with Crippen molar-refractivity contribution in [1.29, 1.82) is 5.26 Å². The number of rotatable bonds is 4. The topological polar surface area (TPSA) is 83.3 Å². The van der Waals surface area contributed by atoms with Crippen LogP contribution in [-0.4, -0.2) is 32.8 Å². The Hall–Kier alpha value is -4.79. The van der Waals surface area contributed by atoms with Crippen molar-refractivity contribution in [3.8, 4) is 22.2 Å². The van der Waals surface area contributed by atoms with E-state index in [0.29, 0.717) is 17.1 Å². The van der Waals surface area contributed by atoms with E-state index in [4.69, 9.17) is 11.6 Å². The smallest absolute Gasteiger partial charge is 0.271 e. The number of hydrogen-bond acceptors (Lipinski definition) is 5. The molecule has 0 radical (unpaired) electrons. The zero-order valence-electron chi connectivity index (χ0n) is 19.5. The summed E-state index contributed by atoms with van der Waals surface area (Å²) in [6.07, 6.45) is 1.66. The fourth-order valence-corrected chi connectivity index (χ4v) is 5.25. The zero-order valence-corrected chi connectivity index (χ0v) is 20.3. The van der Waals surface area contributed by atoms with Gasteiger partial charge in [-0.05, 0) is 49.3 Å². The molecular weight excluding hydrogens is 470 g/mol. The largest absolute Gasteiger partial charge is 0.292 e. The summed E-state index contributed by atoms with van der Waals surface area (Å²) in [7, 11) is 0. The van der Waals surface area contributed by atoms with Gasteiger partial charge < -0.3 is 0 Å². The second-order valence-corrected chi connectivity index (χ2v) is 9.16. The van der Waals surface area contributed by atoms with Gasteiger partial charge in [0.2, 0.25) is 0 Å². The van der Waals surface area contributed by atoms with Gasteiger partial charge in [-0.1, -0.05) is 42.5 Å². The number of nitrogens with zero attached hydrogens (tertiary/aromatic N) is 5. The van der Waals surface area contributed by atoms with E-state index in [2.05, 4.69) is 4.85 Å². The first-order chi connectivity index (χ1) is 17.5. The lowest BCUT2D eigenvalue weighted by molar-refractivity contribution is -0.140. The Bertz CT molecular complexity index is 1680. The Balaban J connectivity index is 1.71. The highest BCUT2D eigenvalue weighted by Gasteiger charge is 2.34. The van der Waals surface area contributed by atoms with Gasteiger partial charge in [-0.25, -0.2) is 9.83 Å². The second kappa shape index (κ2) is 9.10. The normalized spacial score (nSPS) is 15.0. The third-order valence-corrected chi connectivity index (χ3v) is 7.16. The molecular formula is C28H19N5O2S. The number of benzene rings is 2. The minimum Gasteiger partial charge on any atom is -0.292 e. The van der Waals surface area contributed by atoms with Crippen molar-refractivity contribution in [2.45, 2.75) is 13.8 Å². The summed E-state index contributed by atoms with van der Waals surface area (Å²) < 4.78 is 1.97. The lowest BCUT2D eigenvalue weighted by Gasteiger charge is -2.26. The van der Waals surface area contributed by atoms with Gasteiger partial charge in [-0.2, -0.15) is 5.26 Å². The predicted octanol–water partition coefficient (Wildman–Crippen LogP) is 5.92. The van der Waals surface area contributed by atoms with Crippen LogP contribution in [0.2, 0.25) is 0 Å². The van der Waals surface area contributed by atoms with Crippen molar-refractivity contribution in [2.24, 2.45) is 0 Å². The third-order valence-electron chi connectivity index (χ3n) is 6.09. The third kappa shape index (κ3) is 3.70. The molecule has 0 saturated carbocycles. The number of amides is 2. The van der Waals surface area contributed by atoms with E-state index in [0.717, 1.165) is 31.4 Å². The number of thiophene rings is 1. The first kappa shape index (κ1) is 23.0. The van der Waals surface area contributed by atoms with Crippen LogP contribution in [0.1, 0.15) is 19.7 Å². The van der Waals surface area contributed by atoms with Crippen LogP contribution in [0.15, 0.2) is 77.4 Å². The fourth-order valence-electron chi connectivity index (χ4n) is 4.22. The van der Waals surface area contributed by atoms with Crippen LogP contribution in [0, 0.1) is 17.9 Å². The van der Waals surface area contributed by atoms with Gasteiger partial charge in [0.1, 0.15) is 22.3 Å². The van der Waals surface area contributed by atoms with Gasteiger partial charge in [0.25, 0.3) is 11.8 Å². The molecule has 2 aromatic carbocycles. The standard InChI is InChI=1S/C28H19N5O2S/c1-4-32-27(34)21(17(2)22(16-29)28(32)35)14-25-31-26-23(33(25)20-8-6-5-7-9-20)15-24(36-26)18-10-12-19(30-3)13-11-18/h5-15H,4H2,1-2H3/b21-14-. The van der Waals surface area contributed by atoms with Gasteiger partial charge in [0.05, 0.1) is 12.1 Å². The molecule has 174 valence electrons. The number of para-hydroxylation sites is 1. The molecule has 0 saturated heterocycles. The van der Waals surface area contributed by atoms with Crippen LogP contribution in [-0.2, 0) is 9.59 Å². The maximum atomic E-state index is 13.2. The highest BCUT2D eigenvalue weighted by Crippen LogP contribution is 2.37. The lowest BCUT2D eigenvalue weighted by atomic mass is 9.95. The van der Waals surface area contributed by atoms with E-state index in [1.165, 1.54) is 11.3 Å². The summed E-state index contributed by atoms with van der Waals surface area (Å²) in [5, 5.41) is 9.57. The number of carbonyl (C=O) groups is 2. The van der Waals surface area contributed by atoms with Crippen molar-refractivity contribution in [2.75, 3.05) is 6.54 Å². The van der Waals surface area contributed by atoms with E-state index in [9.17, 15) is 14.9 Å². The molecule has 2 aromatic heterocycles. The van der Waals surface area contributed by atoms with Crippen molar-refractivity contribution < 1.29 is 9.59 Å². The number of carbonyl (C=O) groups excluding carboxylic acids is 2. The van der Waals surface area contributed by atoms with Crippen LogP contribution in [0.3, 0.4) is 0 Å². The van der Waals surface area contributed by atoms with Gasteiger partial charge in [0.15, 0.2) is 5.69 Å². The minimum atomic E-state index is -0.569. The maximum absolute atomic E-state index is 13.2. The fraction of sp³-hybridized carbons (Fsp3) is 0.107. The number of imide groups is 1. The molecule has 0 aliphatic carbocycles. The molecule has 0 fully saturated rings. The van der Waals surface area contributed by atoms with E-state index < -0.39 is 11.8 Å². The van der Waals surface area contributed by atoms with Crippen molar-refractivity contribution in [3.63, 3.8) is 0 Å². The van der Waals surface area contributed by atoms with Gasteiger partial charge in [-0.3, -0.25) is 19.1 Å². The first-order valence-electron chi connectivity index (χ1n) is 11.2. The Morgan fingerprint density at radius 3 is 2.47 bits per heavy atom. The van der Waals surface area contributed by atoms with E-state index in [1.54, 1.807) is 32.1 Å². The van der Waals surface area contributed by atoms with Crippen LogP contribution >= 0.6 is 11.3 Å². The summed E-state index contributed by atoms with van der Waals surface area (Å²) in [6.45, 7) is 10.7.